The van der Waals surface area contributed by atoms with Gasteiger partial charge in [-0.3, -0.25) is 0 Å². The molecule has 90 valence electrons. The number of aryl methyl sites for hydroxylation is 1. The van der Waals surface area contributed by atoms with Gasteiger partial charge in [-0.2, -0.15) is 0 Å². The number of aromatic nitrogens is 2. The highest BCUT2D eigenvalue weighted by Crippen LogP contribution is 2.34. The molecule has 0 atom stereocenters. The molecule has 1 aromatic heterocycles. The molecule has 2 rings (SSSR count). The van der Waals surface area contributed by atoms with E-state index in [0.717, 1.165) is 30.5 Å². The van der Waals surface area contributed by atoms with E-state index in [1.165, 1.54) is 0 Å². The molecule has 0 bridgehead atoms. The maximum Gasteiger partial charge on any atom is 0.127 e. The predicted molar refractivity (Wildman–Crippen MR) is 75.9 cm³/mol. The number of nitrogens with one attached hydrogen (secondary N) is 1. The Morgan fingerprint density at radius 3 is 2.35 bits per heavy atom. The fourth-order valence-electron chi connectivity index (χ4n) is 1.29. The summed E-state index contributed by atoms with van der Waals surface area (Å²) >= 11 is 10.4. The zero-order valence-electron chi connectivity index (χ0n) is 8.80. The molecule has 0 saturated heterocycles. The highest BCUT2D eigenvalue weighted by Gasteiger charge is 2.09. The van der Waals surface area contributed by atoms with Gasteiger partial charge in [0.2, 0.25) is 0 Å². The summed E-state index contributed by atoms with van der Waals surface area (Å²) in [6.07, 6.45) is 0. The number of halogens is 3. The van der Waals surface area contributed by atoms with Crippen LogP contribution < -0.4 is 5.32 Å². The molecule has 7 heteroatoms. The van der Waals surface area contributed by atoms with E-state index < -0.39 is 0 Å². The number of anilines is 1. The Labute approximate surface area is 124 Å². The number of hydrogen-bond acceptors (Lipinski definition) is 4. The summed E-state index contributed by atoms with van der Waals surface area (Å²) in [4.78, 5) is 0. The van der Waals surface area contributed by atoms with Gasteiger partial charge in [-0.15, -0.1) is 0 Å². The van der Waals surface area contributed by atoms with Gasteiger partial charge in [-0.25, -0.2) is 4.63 Å². The molecule has 0 spiro atoms. The minimum absolute atomic E-state index is 0.564. The van der Waals surface area contributed by atoms with Crippen LogP contribution in [0.25, 0.3) is 0 Å². The van der Waals surface area contributed by atoms with E-state index in [9.17, 15) is 0 Å². The van der Waals surface area contributed by atoms with Crippen LogP contribution in [0.1, 0.15) is 11.4 Å². The molecule has 0 fully saturated rings. The normalized spacial score (nSPS) is 10.6. The lowest BCUT2D eigenvalue weighted by Crippen LogP contribution is -2.02. The molecule has 2 aromatic rings. The van der Waals surface area contributed by atoms with Crippen LogP contribution in [0.2, 0.25) is 0 Å². The van der Waals surface area contributed by atoms with Gasteiger partial charge in [0.05, 0.1) is 12.2 Å². The monoisotopic (exact) mass is 423 g/mol. The smallest absolute Gasteiger partial charge is 0.127 e. The molecule has 0 radical (unpaired) electrons. The SMILES string of the molecule is Cc1nonc1CNc1c(Br)cc(Br)cc1Br. The first-order chi connectivity index (χ1) is 8.08. The second kappa shape index (κ2) is 5.49. The standard InChI is InChI=1S/C10H8Br3N3O/c1-5-9(16-17-15-5)4-14-10-7(12)2-6(11)3-8(10)13/h2-3,14H,4H2,1H3. The van der Waals surface area contributed by atoms with Crippen LogP contribution in [-0.4, -0.2) is 10.3 Å². The molecule has 0 amide bonds. The van der Waals surface area contributed by atoms with Gasteiger partial charge in [0.25, 0.3) is 0 Å². The van der Waals surface area contributed by atoms with Gasteiger partial charge in [0.1, 0.15) is 11.4 Å². The lowest BCUT2D eigenvalue weighted by molar-refractivity contribution is 0.301. The summed E-state index contributed by atoms with van der Waals surface area (Å²) in [7, 11) is 0. The predicted octanol–water partition coefficient (Wildman–Crippen LogP) is 4.28. The largest absolute Gasteiger partial charge is 0.377 e. The van der Waals surface area contributed by atoms with E-state index in [-0.39, 0.29) is 0 Å². The number of hydrogen-bond donors (Lipinski definition) is 1. The average Bonchev–Trinajstić information content (AvgIpc) is 2.62. The second-order valence-corrected chi connectivity index (χ2v) is 6.02. The van der Waals surface area contributed by atoms with Crippen molar-refractivity contribution in [1.29, 1.82) is 0 Å². The first-order valence-electron chi connectivity index (χ1n) is 4.74. The quantitative estimate of drug-likeness (QED) is 0.797. The highest BCUT2D eigenvalue weighted by molar-refractivity contribution is 9.11. The van der Waals surface area contributed by atoms with Crippen molar-refractivity contribution in [1.82, 2.24) is 10.3 Å². The van der Waals surface area contributed by atoms with Gasteiger partial charge >= 0.3 is 0 Å². The van der Waals surface area contributed by atoms with Crippen molar-refractivity contribution in [2.45, 2.75) is 13.5 Å². The van der Waals surface area contributed by atoms with Crippen LogP contribution in [0, 0.1) is 6.92 Å². The number of nitrogens with zero attached hydrogens (tertiary/aromatic N) is 2. The number of rotatable bonds is 3. The van der Waals surface area contributed by atoms with E-state index in [0.29, 0.717) is 6.54 Å². The van der Waals surface area contributed by atoms with Crippen LogP contribution in [0.3, 0.4) is 0 Å². The Bertz CT molecular complexity index is 518. The summed E-state index contributed by atoms with van der Waals surface area (Å²) in [5, 5.41) is 10.8. The van der Waals surface area contributed by atoms with E-state index >= 15 is 0 Å². The topological polar surface area (TPSA) is 51.0 Å². The zero-order valence-corrected chi connectivity index (χ0v) is 13.6. The molecule has 0 aliphatic heterocycles. The maximum absolute atomic E-state index is 4.64. The van der Waals surface area contributed by atoms with Crippen molar-refractivity contribution in [3.05, 3.63) is 36.9 Å². The summed E-state index contributed by atoms with van der Waals surface area (Å²) in [6, 6.07) is 3.95. The Morgan fingerprint density at radius 2 is 1.82 bits per heavy atom. The van der Waals surface area contributed by atoms with Crippen LogP contribution >= 0.6 is 47.8 Å². The fourth-order valence-corrected chi connectivity index (χ4v) is 3.83. The summed E-state index contributed by atoms with van der Waals surface area (Å²) in [5.41, 5.74) is 2.56. The minimum Gasteiger partial charge on any atom is -0.377 e. The van der Waals surface area contributed by atoms with E-state index in [2.05, 4.69) is 68.0 Å². The summed E-state index contributed by atoms with van der Waals surface area (Å²) in [6.45, 7) is 2.42. The van der Waals surface area contributed by atoms with E-state index in [4.69, 9.17) is 0 Å². The first-order valence-corrected chi connectivity index (χ1v) is 7.12. The molecule has 0 saturated carbocycles. The van der Waals surface area contributed by atoms with Crippen molar-refractivity contribution < 1.29 is 4.63 Å². The lowest BCUT2D eigenvalue weighted by atomic mass is 10.3. The third kappa shape index (κ3) is 3.08. The van der Waals surface area contributed by atoms with E-state index in [1.54, 1.807) is 0 Å². The molecule has 0 aliphatic carbocycles. The van der Waals surface area contributed by atoms with Gasteiger partial charge in [-0.05, 0) is 50.9 Å². The van der Waals surface area contributed by atoms with Crippen molar-refractivity contribution in [3.8, 4) is 0 Å². The Kier molecular flexibility index (Phi) is 4.22. The van der Waals surface area contributed by atoms with Gasteiger partial charge in [0.15, 0.2) is 0 Å². The Balaban J connectivity index is 2.17. The Hall–Kier alpha value is -0.400. The zero-order chi connectivity index (χ0) is 12.4. The highest BCUT2D eigenvalue weighted by atomic mass is 79.9. The fraction of sp³-hybridized carbons (Fsp3) is 0.200. The summed E-state index contributed by atoms with van der Waals surface area (Å²) in [5.74, 6) is 0. The van der Waals surface area contributed by atoms with Crippen molar-refractivity contribution in [2.75, 3.05) is 5.32 Å². The van der Waals surface area contributed by atoms with Crippen molar-refractivity contribution >= 4 is 53.5 Å². The molecule has 0 unspecified atom stereocenters. The maximum atomic E-state index is 4.64. The minimum atomic E-state index is 0.564. The van der Waals surface area contributed by atoms with Gasteiger partial charge in [-0.1, -0.05) is 26.2 Å². The second-order valence-electron chi connectivity index (χ2n) is 3.39. The Morgan fingerprint density at radius 1 is 1.18 bits per heavy atom. The third-order valence-electron chi connectivity index (χ3n) is 2.19. The van der Waals surface area contributed by atoms with Gasteiger partial charge in [0, 0.05) is 13.4 Å². The van der Waals surface area contributed by atoms with Crippen LogP contribution in [0.15, 0.2) is 30.2 Å². The third-order valence-corrected chi connectivity index (χ3v) is 3.89. The average molecular weight is 426 g/mol. The molecule has 1 heterocycles. The molecule has 1 N–H and O–H groups in total. The molecular weight excluding hydrogens is 418 g/mol. The first kappa shape index (κ1) is 13.0. The lowest BCUT2D eigenvalue weighted by Gasteiger charge is -2.10. The molecule has 1 aromatic carbocycles. The molecular formula is C10H8Br3N3O. The molecule has 0 aliphatic rings. The van der Waals surface area contributed by atoms with Crippen molar-refractivity contribution in [2.24, 2.45) is 0 Å². The number of benzene rings is 1. The van der Waals surface area contributed by atoms with Crippen LogP contribution in [-0.2, 0) is 6.54 Å². The van der Waals surface area contributed by atoms with E-state index in [1.807, 2.05) is 19.1 Å². The van der Waals surface area contributed by atoms with Crippen molar-refractivity contribution in [3.63, 3.8) is 0 Å². The van der Waals surface area contributed by atoms with Gasteiger partial charge < -0.3 is 5.32 Å². The van der Waals surface area contributed by atoms with Crippen LogP contribution in [0.5, 0.6) is 0 Å². The molecule has 4 nitrogen and oxygen atoms in total. The van der Waals surface area contributed by atoms with Crippen LogP contribution in [0.4, 0.5) is 5.69 Å². The molecule has 17 heavy (non-hydrogen) atoms. The summed E-state index contributed by atoms with van der Waals surface area (Å²) < 4.78 is 7.57.